The first kappa shape index (κ1) is 14.5. The summed E-state index contributed by atoms with van der Waals surface area (Å²) < 4.78 is 38.3. The van der Waals surface area contributed by atoms with E-state index in [-0.39, 0.29) is 18.8 Å². The number of aryl methyl sites for hydroxylation is 1. The molecule has 1 rings (SSSR count). The Bertz CT molecular complexity index is 428. The molecule has 1 heterocycles. The highest BCUT2D eigenvalue weighted by Gasteiger charge is 2.35. The van der Waals surface area contributed by atoms with Gasteiger partial charge in [-0.3, -0.25) is 9.48 Å². The number of nitrogens with one attached hydrogen (secondary N) is 1. The molecule has 0 aromatic carbocycles. The largest absolute Gasteiger partial charge is 0.435 e. The van der Waals surface area contributed by atoms with Crippen molar-refractivity contribution in [2.45, 2.75) is 26.1 Å². The van der Waals surface area contributed by atoms with Crippen LogP contribution >= 0.6 is 0 Å². The molecule has 0 aliphatic heterocycles. The van der Waals surface area contributed by atoms with Gasteiger partial charge in [0.1, 0.15) is 6.04 Å². The van der Waals surface area contributed by atoms with Crippen LogP contribution in [0.25, 0.3) is 0 Å². The first-order chi connectivity index (χ1) is 8.27. The molecule has 18 heavy (non-hydrogen) atoms. The maximum Gasteiger partial charge on any atom is 0.435 e. The summed E-state index contributed by atoms with van der Waals surface area (Å²) in [6, 6.07) is 0.0168. The van der Waals surface area contributed by atoms with Crippen molar-refractivity contribution in [2.24, 2.45) is 0 Å². The van der Waals surface area contributed by atoms with Crippen molar-refractivity contribution in [3.8, 4) is 0 Å². The topological polar surface area (TPSA) is 67.2 Å². The number of carbonyl (C=O) groups excluding carboxylic acids is 1. The van der Waals surface area contributed by atoms with Gasteiger partial charge in [0.2, 0.25) is 5.91 Å². The first-order valence-electron chi connectivity index (χ1n) is 5.29. The molecule has 1 unspecified atom stereocenters. The number of aliphatic hydroxyl groups is 1. The number of hydrogen-bond acceptors (Lipinski definition) is 3. The summed E-state index contributed by atoms with van der Waals surface area (Å²) in [5.74, 6) is -0.496. The van der Waals surface area contributed by atoms with E-state index in [0.717, 1.165) is 10.7 Å². The third-order valence-electron chi connectivity index (χ3n) is 2.37. The number of hydrogen-bond donors (Lipinski definition) is 2. The zero-order valence-electron chi connectivity index (χ0n) is 9.95. The third kappa shape index (κ3) is 3.22. The minimum absolute atomic E-state index is 0.0512. The smallest absolute Gasteiger partial charge is 0.395 e. The quantitative estimate of drug-likeness (QED) is 0.849. The molecule has 5 nitrogen and oxygen atoms in total. The Hall–Kier alpha value is -1.57. The van der Waals surface area contributed by atoms with Crippen LogP contribution in [0, 0.1) is 6.92 Å². The second kappa shape index (κ2) is 5.38. The molecular weight excluding hydrogens is 251 g/mol. The standard InChI is InChI=1S/C10H14F3N3O2/c1-6-5-8(10(11,12)13)15-16(6)7(2)9(18)14-3-4-17/h5,7,17H,3-4H2,1-2H3,(H,14,18). The molecule has 0 saturated heterocycles. The Morgan fingerprint density at radius 3 is 2.67 bits per heavy atom. The van der Waals surface area contributed by atoms with Crippen molar-refractivity contribution in [2.75, 3.05) is 13.2 Å². The summed E-state index contributed by atoms with van der Waals surface area (Å²) in [4.78, 5) is 11.5. The maximum atomic E-state index is 12.4. The highest BCUT2D eigenvalue weighted by molar-refractivity contribution is 5.79. The third-order valence-corrected chi connectivity index (χ3v) is 2.37. The van der Waals surface area contributed by atoms with E-state index in [1.165, 1.54) is 13.8 Å². The highest BCUT2D eigenvalue weighted by atomic mass is 19.4. The van der Waals surface area contributed by atoms with Gasteiger partial charge >= 0.3 is 6.18 Å². The van der Waals surface area contributed by atoms with Crippen LogP contribution in [0.3, 0.4) is 0 Å². The van der Waals surface area contributed by atoms with Crippen LogP contribution in [0.4, 0.5) is 13.2 Å². The van der Waals surface area contributed by atoms with E-state index in [1.54, 1.807) is 0 Å². The summed E-state index contributed by atoms with van der Waals surface area (Å²) in [6.45, 7) is 2.70. The summed E-state index contributed by atoms with van der Waals surface area (Å²) in [5, 5.41) is 14.3. The molecule has 1 aromatic heterocycles. The maximum absolute atomic E-state index is 12.4. The first-order valence-corrected chi connectivity index (χ1v) is 5.29. The van der Waals surface area contributed by atoms with Crippen LogP contribution in [-0.4, -0.2) is 33.9 Å². The Morgan fingerprint density at radius 1 is 1.61 bits per heavy atom. The normalized spacial score (nSPS) is 13.4. The highest BCUT2D eigenvalue weighted by Crippen LogP contribution is 2.29. The second-order valence-corrected chi connectivity index (χ2v) is 3.80. The van der Waals surface area contributed by atoms with Gasteiger partial charge in [-0.05, 0) is 19.9 Å². The summed E-state index contributed by atoms with van der Waals surface area (Å²) >= 11 is 0. The molecule has 0 saturated carbocycles. The number of rotatable bonds is 4. The monoisotopic (exact) mass is 265 g/mol. The van der Waals surface area contributed by atoms with Gasteiger partial charge in [0.15, 0.2) is 5.69 Å². The Kier molecular flexibility index (Phi) is 4.33. The number of aliphatic hydroxyl groups excluding tert-OH is 1. The lowest BCUT2D eigenvalue weighted by Gasteiger charge is -2.13. The fourth-order valence-electron chi connectivity index (χ4n) is 1.46. The second-order valence-electron chi connectivity index (χ2n) is 3.80. The zero-order valence-corrected chi connectivity index (χ0v) is 9.95. The van der Waals surface area contributed by atoms with E-state index >= 15 is 0 Å². The van der Waals surface area contributed by atoms with E-state index < -0.39 is 23.8 Å². The van der Waals surface area contributed by atoms with Gasteiger partial charge in [0.25, 0.3) is 0 Å². The molecule has 102 valence electrons. The lowest BCUT2D eigenvalue weighted by Crippen LogP contribution is -2.33. The van der Waals surface area contributed by atoms with Crippen molar-refractivity contribution in [1.29, 1.82) is 0 Å². The average Bonchev–Trinajstić information content (AvgIpc) is 2.66. The van der Waals surface area contributed by atoms with Crippen molar-refractivity contribution >= 4 is 5.91 Å². The number of amides is 1. The number of halogens is 3. The van der Waals surface area contributed by atoms with E-state index in [1.807, 2.05) is 0 Å². The lowest BCUT2D eigenvalue weighted by molar-refractivity contribution is -0.142. The Balaban J connectivity index is 2.89. The molecule has 0 aliphatic carbocycles. The van der Waals surface area contributed by atoms with E-state index in [4.69, 9.17) is 5.11 Å². The fraction of sp³-hybridized carbons (Fsp3) is 0.600. The van der Waals surface area contributed by atoms with Crippen LogP contribution in [-0.2, 0) is 11.0 Å². The Labute approximate surface area is 102 Å². The number of aromatic nitrogens is 2. The van der Waals surface area contributed by atoms with Gasteiger partial charge in [-0.1, -0.05) is 0 Å². The van der Waals surface area contributed by atoms with Gasteiger partial charge in [-0.15, -0.1) is 0 Å². The molecule has 1 amide bonds. The molecular formula is C10H14F3N3O2. The van der Waals surface area contributed by atoms with Crippen LogP contribution in [0.2, 0.25) is 0 Å². The number of nitrogens with zero attached hydrogens (tertiary/aromatic N) is 2. The van der Waals surface area contributed by atoms with E-state index in [0.29, 0.717) is 0 Å². The molecule has 0 radical (unpaired) electrons. The average molecular weight is 265 g/mol. The van der Waals surface area contributed by atoms with Gasteiger partial charge in [-0.25, -0.2) is 0 Å². The van der Waals surface area contributed by atoms with Crippen LogP contribution in [0.15, 0.2) is 6.07 Å². The predicted octanol–water partition coefficient (Wildman–Crippen LogP) is 0.880. The van der Waals surface area contributed by atoms with Crippen LogP contribution in [0.5, 0.6) is 0 Å². The van der Waals surface area contributed by atoms with Crippen molar-refractivity contribution in [3.05, 3.63) is 17.5 Å². The molecule has 0 fully saturated rings. The molecule has 0 aliphatic rings. The minimum Gasteiger partial charge on any atom is -0.395 e. The van der Waals surface area contributed by atoms with Gasteiger partial charge < -0.3 is 10.4 Å². The summed E-state index contributed by atoms with van der Waals surface area (Å²) in [7, 11) is 0. The predicted molar refractivity (Wildman–Crippen MR) is 56.8 cm³/mol. The molecule has 8 heteroatoms. The van der Waals surface area contributed by atoms with Crippen molar-refractivity contribution < 1.29 is 23.1 Å². The Morgan fingerprint density at radius 2 is 2.22 bits per heavy atom. The van der Waals surface area contributed by atoms with Gasteiger partial charge in [0.05, 0.1) is 6.61 Å². The summed E-state index contributed by atoms with van der Waals surface area (Å²) in [6.07, 6.45) is -4.53. The molecule has 2 N–H and O–H groups in total. The lowest BCUT2D eigenvalue weighted by atomic mass is 10.3. The van der Waals surface area contributed by atoms with Crippen molar-refractivity contribution in [1.82, 2.24) is 15.1 Å². The minimum atomic E-state index is -4.53. The van der Waals surface area contributed by atoms with Crippen molar-refractivity contribution in [3.63, 3.8) is 0 Å². The molecule has 1 atom stereocenters. The molecule has 0 bridgehead atoms. The number of carbonyl (C=O) groups is 1. The van der Waals surface area contributed by atoms with E-state index in [2.05, 4.69) is 10.4 Å². The molecule has 0 spiro atoms. The fourth-order valence-corrected chi connectivity index (χ4v) is 1.46. The van der Waals surface area contributed by atoms with Crippen LogP contribution in [0.1, 0.15) is 24.4 Å². The summed E-state index contributed by atoms with van der Waals surface area (Å²) in [5.41, 5.74) is -0.782. The number of alkyl halides is 3. The van der Waals surface area contributed by atoms with Gasteiger partial charge in [-0.2, -0.15) is 18.3 Å². The molecule has 1 aromatic rings. The van der Waals surface area contributed by atoms with Gasteiger partial charge in [0, 0.05) is 12.2 Å². The van der Waals surface area contributed by atoms with Crippen LogP contribution < -0.4 is 5.32 Å². The zero-order chi connectivity index (χ0) is 13.9. The van der Waals surface area contributed by atoms with E-state index in [9.17, 15) is 18.0 Å². The SMILES string of the molecule is Cc1cc(C(F)(F)F)nn1C(C)C(=O)NCCO.